The maximum absolute atomic E-state index is 10.4. The first-order chi connectivity index (χ1) is 12.2. The predicted molar refractivity (Wildman–Crippen MR) is 103 cm³/mol. The molecule has 0 aliphatic heterocycles. The van der Waals surface area contributed by atoms with Crippen molar-refractivity contribution in [3.8, 4) is 0 Å². The number of aliphatic hydroxyl groups is 2. The molecule has 3 heteroatoms. The van der Waals surface area contributed by atoms with Crippen molar-refractivity contribution in [2.45, 2.75) is 83.3 Å². The summed E-state index contributed by atoms with van der Waals surface area (Å²) in [5.74, 6) is 1.30. The second-order valence-corrected chi connectivity index (χ2v) is 7.99. The van der Waals surface area contributed by atoms with Crippen LogP contribution in [0.1, 0.15) is 71.1 Å². The van der Waals surface area contributed by atoms with Gasteiger partial charge in [0.05, 0.1) is 12.2 Å². The van der Waals surface area contributed by atoms with Gasteiger partial charge < -0.3 is 14.9 Å². The normalized spacial score (nSPS) is 30.0. The Bertz CT molecular complexity index is 429. The first-order valence-corrected chi connectivity index (χ1v) is 10.4. The maximum Gasteiger partial charge on any atom is 0.0721 e. The van der Waals surface area contributed by atoms with Crippen LogP contribution in [0, 0.1) is 17.8 Å². The number of ether oxygens (including phenoxy) is 1. The fourth-order valence-electron chi connectivity index (χ4n) is 4.52. The minimum atomic E-state index is -0.354. The van der Waals surface area contributed by atoms with E-state index in [0.29, 0.717) is 11.8 Å². The number of fused-ring (bicyclic) bond motifs is 1. The van der Waals surface area contributed by atoms with Gasteiger partial charge in [-0.3, -0.25) is 0 Å². The smallest absolute Gasteiger partial charge is 0.0721 e. The van der Waals surface area contributed by atoms with E-state index in [4.69, 9.17) is 4.74 Å². The fourth-order valence-corrected chi connectivity index (χ4v) is 4.52. The number of unbranched alkanes of at least 4 members (excludes halogenated alkanes) is 4. The first-order valence-electron chi connectivity index (χ1n) is 10.4. The van der Waals surface area contributed by atoms with Crippen molar-refractivity contribution >= 4 is 0 Å². The van der Waals surface area contributed by atoms with Gasteiger partial charge in [0.15, 0.2) is 0 Å². The maximum atomic E-state index is 10.4. The lowest BCUT2D eigenvalue weighted by atomic mass is 9.88. The van der Waals surface area contributed by atoms with Crippen LogP contribution < -0.4 is 0 Å². The van der Waals surface area contributed by atoms with Crippen molar-refractivity contribution in [3.63, 3.8) is 0 Å². The van der Waals surface area contributed by atoms with Gasteiger partial charge in [0.1, 0.15) is 0 Å². The summed E-state index contributed by atoms with van der Waals surface area (Å²) in [6, 6.07) is 0. The number of rotatable bonds is 12. The lowest BCUT2D eigenvalue weighted by Gasteiger charge is -2.19. The second kappa shape index (κ2) is 11.2. The van der Waals surface area contributed by atoms with Gasteiger partial charge in [-0.15, -0.1) is 0 Å². The molecule has 0 unspecified atom stereocenters. The third-order valence-corrected chi connectivity index (χ3v) is 5.96. The molecule has 0 aromatic carbocycles. The van der Waals surface area contributed by atoms with Crippen molar-refractivity contribution in [1.29, 1.82) is 0 Å². The van der Waals surface area contributed by atoms with Gasteiger partial charge in [-0.25, -0.2) is 0 Å². The zero-order valence-electron chi connectivity index (χ0n) is 16.2. The highest BCUT2D eigenvalue weighted by molar-refractivity contribution is 5.20. The molecule has 2 aliphatic rings. The van der Waals surface area contributed by atoms with E-state index in [-0.39, 0.29) is 18.1 Å². The molecule has 1 saturated carbocycles. The van der Waals surface area contributed by atoms with Crippen LogP contribution in [0.25, 0.3) is 0 Å². The van der Waals surface area contributed by atoms with Crippen molar-refractivity contribution in [2.24, 2.45) is 17.8 Å². The molecule has 0 spiro atoms. The van der Waals surface area contributed by atoms with Crippen molar-refractivity contribution in [2.75, 3.05) is 13.7 Å². The van der Waals surface area contributed by atoms with E-state index >= 15 is 0 Å². The zero-order chi connectivity index (χ0) is 18.1. The van der Waals surface area contributed by atoms with E-state index in [1.165, 1.54) is 32.1 Å². The molecule has 0 heterocycles. The second-order valence-electron chi connectivity index (χ2n) is 7.99. The van der Waals surface area contributed by atoms with E-state index in [0.717, 1.165) is 38.7 Å². The van der Waals surface area contributed by atoms with E-state index < -0.39 is 0 Å². The summed E-state index contributed by atoms with van der Waals surface area (Å²) in [5.41, 5.74) is 1.58. The number of hydrogen-bond donors (Lipinski definition) is 2. The van der Waals surface area contributed by atoms with Crippen LogP contribution in [0.3, 0.4) is 0 Å². The standard InChI is InChI=1S/C22H38O3/c1-3-4-6-10-19(23)11-12-20-21-15-17(9-7-5-8-13-25-2)14-18(21)16-22(20)24/h11-12,14,18-24H,3-10,13,15-16H2,1-2H3/b12-11+/t18-,19-,20+,21-,22+/m0/s1. The highest BCUT2D eigenvalue weighted by atomic mass is 16.5. The third kappa shape index (κ3) is 6.54. The molecule has 144 valence electrons. The molecule has 2 rings (SSSR count). The molecule has 0 aromatic rings. The van der Waals surface area contributed by atoms with Gasteiger partial charge >= 0.3 is 0 Å². The summed E-state index contributed by atoms with van der Waals surface area (Å²) in [6.45, 7) is 3.05. The van der Waals surface area contributed by atoms with Crippen LogP contribution in [0.15, 0.2) is 23.8 Å². The summed E-state index contributed by atoms with van der Waals surface area (Å²) in [7, 11) is 1.76. The first kappa shape index (κ1) is 20.7. The molecular weight excluding hydrogens is 312 g/mol. The monoisotopic (exact) mass is 350 g/mol. The summed E-state index contributed by atoms with van der Waals surface area (Å²) in [6.07, 6.45) is 17.0. The summed E-state index contributed by atoms with van der Waals surface area (Å²) < 4.78 is 5.11. The molecule has 5 atom stereocenters. The summed E-state index contributed by atoms with van der Waals surface area (Å²) in [4.78, 5) is 0. The molecule has 0 amide bonds. The van der Waals surface area contributed by atoms with Gasteiger partial charge in [-0.05, 0) is 50.4 Å². The Balaban J connectivity index is 1.76. The fraction of sp³-hybridized carbons (Fsp3) is 0.818. The van der Waals surface area contributed by atoms with Gasteiger partial charge in [-0.1, -0.05) is 56.4 Å². The lowest BCUT2D eigenvalue weighted by molar-refractivity contribution is 0.139. The molecule has 0 radical (unpaired) electrons. The van der Waals surface area contributed by atoms with Crippen LogP contribution >= 0.6 is 0 Å². The minimum absolute atomic E-state index is 0.216. The molecule has 3 nitrogen and oxygen atoms in total. The Morgan fingerprint density at radius 2 is 2.08 bits per heavy atom. The average Bonchev–Trinajstić information content (AvgIpc) is 3.09. The lowest BCUT2D eigenvalue weighted by Crippen LogP contribution is -2.18. The van der Waals surface area contributed by atoms with Gasteiger partial charge in [0.25, 0.3) is 0 Å². The van der Waals surface area contributed by atoms with Crippen LogP contribution in [0.2, 0.25) is 0 Å². The average molecular weight is 351 g/mol. The SMILES string of the molecule is CCCCC[C@H](O)/C=C/[C@@H]1[C@H]2CC(CCCCCOC)=C[C@H]2C[C@H]1O. The Morgan fingerprint density at radius 3 is 2.84 bits per heavy atom. The largest absolute Gasteiger partial charge is 0.392 e. The van der Waals surface area contributed by atoms with E-state index in [1.54, 1.807) is 12.7 Å². The van der Waals surface area contributed by atoms with Gasteiger partial charge in [0.2, 0.25) is 0 Å². The predicted octanol–water partition coefficient (Wildman–Crippen LogP) is 4.63. The molecule has 0 bridgehead atoms. The van der Waals surface area contributed by atoms with E-state index in [2.05, 4.69) is 19.1 Å². The quantitative estimate of drug-likeness (QED) is 0.398. The molecule has 2 aliphatic carbocycles. The van der Waals surface area contributed by atoms with Crippen LogP contribution in [0.4, 0.5) is 0 Å². The zero-order valence-corrected chi connectivity index (χ0v) is 16.2. The molecule has 2 N–H and O–H groups in total. The molecule has 0 aromatic heterocycles. The highest BCUT2D eigenvalue weighted by Gasteiger charge is 2.43. The van der Waals surface area contributed by atoms with Crippen LogP contribution in [-0.2, 0) is 4.74 Å². The van der Waals surface area contributed by atoms with Crippen molar-refractivity contribution in [1.82, 2.24) is 0 Å². The number of aliphatic hydroxyl groups excluding tert-OH is 2. The summed E-state index contributed by atoms with van der Waals surface area (Å²) >= 11 is 0. The van der Waals surface area contributed by atoms with Crippen LogP contribution in [0.5, 0.6) is 0 Å². The number of hydrogen-bond acceptors (Lipinski definition) is 3. The van der Waals surface area contributed by atoms with Crippen molar-refractivity contribution < 1.29 is 14.9 Å². The van der Waals surface area contributed by atoms with Crippen LogP contribution in [-0.4, -0.2) is 36.1 Å². The van der Waals surface area contributed by atoms with E-state index in [9.17, 15) is 10.2 Å². The number of allylic oxidation sites excluding steroid dienone is 2. The molecule has 25 heavy (non-hydrogen) atoms. The highest BCUT2D eigenvalue weighted by Crippen LogP contribution is 2.48. The Labute approximate surface area is 154 Å². The van der Waals surface area contributed by atoms with E-state index in [1.807, 2.05) is 6.08 Å². The third-order valence-electron chi connectivity index (χ3n) is 5.96. The number of methoxy groups -OCH3 is 1. The molecule has 1 fully saturated rings. The Morgan fingerprint density at radius 1 is 1.24 bits per heavy atom. The minimum Gasteiger partial charge on any atom is -0.392 e. The summed E-state index contributed by atoms with van der Waals surface area (Å²) in [5, 5.41) is 20.5. The molecular formula is C22H38O3. The Hall–Kier alpha value is -0.640. The van der Waals surface area contributed by atoms with Gasteiger partial charge in [-0.2, -0.15) is 0 Å². The molecule has 0 saturated heterocycles. The van der Waals surface area contributed by atoms with Gasteiger partial charge in [0, 0.05) is 19.6 Å². The van der Waals surface area contributed by atoms with Crippen molar-refractivity contribution in [3.05, 3.63) is 23.8 Å². The topological polar surface area (TPSA) is 49.7 Å². The Kier molecular flexibility index (Phi) is 9.22.